The van der Waals surface area contributed by atoms with Crippen LogP contribution in [0, 0.1) is 0 Å². The Balaban J connectivity index is 1.75. The average molecular weight is 292 g/mol. The van der Waals surface area contributed by atoms with Crippen molar-refractivity contribution in [1.82, 2.24) is 10.3 Å². The second kappa shape index (κ2) is 6.85. The van der Waals surface area contributed by atoms with Gasteiger partial charge in [0.1, 0.15) is 0 Å². The van der Waals surface area contributed by atoms with Gasteiger partial charge >= 0.3 is 6.03 Å². The van der Waals surface area contributed by atoms with Crippen LogP contribution in [0.4, 0.5) is 9.93 Å². The minimum Gasteiger partial charge on any atom is -0.352 e. The van der Waals surface area contributed by atoms with E-state index >= 15 is 0 Å². The summed E-state index contributed by atoms with van der Waals surface area (Å²) in [4.78, 5) is 26.5. The van der Waals surface area contributed by atoms with Crippen molar-refractivity contribution in [2.24, 2.45) is 5.73 Å². The number of benzene rings is 1. The second-order valence-corrected chi connectivity index (χ2v) is 5.31. The SMILES string of the molecule is NC(=O)NCCCCC(=O)Nc1nc2ccccc2s1. The third kappa shape index (κ3) is 4.20. The van der Waals surface area contributed by atoms with Crippen LogP contribution in [-0.4, -0.2) is 23.5 Å². The van der Waals surface area contributed by atoms with Crippen LogP contribution in [0.5, 0.6) is 0 Å². The molecule has 1 aromatic carbocycles. The smallest absolute Gasteiger partial charge is 0.312 e. The molecular weight excluding hydrogens is 276 g/mol. The van der Waals surface area contributed by atoms with Crippen molar-refractivity contribution in [3.63, 3.8) is 0 Å². The predicted molar refractivity (Wildman–Crippen MR) is 79.7 cm³/mol. The fourth-order valence-corrected chi connectivity index (χ4v) is 2.61. The summed E-state index contributed by atoms with van der Waals surface area (Å²) >= 11 is 1.46. The number of thiazole rings is 1. The molecule has 7 heteroatoms. The van der Waals surface area contributed by atoms with Gasteiger partial charge in [-0.2, -0.15) is 0 Å². The summed E-state index contributed by atoms with van der Waals surface area (Å²) in [7, 11) is 0. The normalized spacial score (nSPS) is 10.4. The lowest BCUT2D eigenvalue weighted by Crippen LogP contribution is -2.30. The molecule has 0 saturated heterocycles. The molecule has 0 aliphatic heterocycles. The van der Waals surface area contributed by atoms with Gasteiger partial charge in [-0.3, -0.25) is 4.79 Å². The molecular formula is C13H16N4O2S. The lowest BCUT2D eigenvalue weighted by Gasteiger charge is -2.02. The number of urea groups is 1. The van der Waals surface area contributed by atoms with E-state index in [9.17, 15) is 9.59 Å². The molecule has 0 bridgehead atoms. The summed E-state index contributed by atoms with van der Waals surface area (Å²) in [6.07, 6.45) is 1.81. The van der Waals surface area contributed by atoms with Crippen molar-refractivity contribution in [2.45, 2.75) is 19.3 Å². The van der Waals surface area contributed by atoms with Crippen molar-refractivity contribution in [1.29, 1.82) is 0 Å². The van der Waals surface area contributed by atoms with E-state index in [0.29, 0.717) is 24.5 Å². The summed E-state index contributed by atoms with van der Waals surface area (Å²) in [5, 5.41) is 5.89. The Morgan fingerprint density at radius 3 is 2.80 bits per heavy atom. The number of amides is 3. The highest BCUT2D eigenvalue weighted by Crippen LogP contribution is 2.25. The number of nitrogens with two attached hydrogens (primary N) is 1. The molecule has 1 heterocycles. The van der Waals surface area contributed by atoms with E-state index in [-0.39, 0.29) is 5.91 Å². The van der Waals surface area contributed by atoms with Gasteiger partial charge in [0, 0.05) is 13.0 Å². The summed E-state index contributed by atoms with van der Waals surface area (Å²) < 4.78 is 1.05. The molecule has 0 aliphatic carbocycles. The van der Waals surface area contributed by atoms with E-state index < -0.39 is 6.03 Å². The first-order valence-corrected chi connectivity index (χ1v) is 7.15. The van der Waals surface area contributed by atoms with Gasteiger partial charge < -0.3 is 16.4 Å². The number of carbonyl (C=O) groups excluding carboxylic acids is 2. The second-order valence-electron chi connectivity index (χ2n) is 4.28. The van der Waals surface area contributed by atoms with E-state index in [4.69, 9.17) is 5.73 Å². The van der Waals surface area contributed by atoms with Crippen LogP contribution in [0.25, 0.3) is 10.2 Å². The van der Waals surface area contributed by atoms with Crippen molar-refractivity contribution >= 4 is 38.6 Å². The topological polar surface area (TPSA) is 97.1 Å². The molecule has 0 atom stereocenters. The number of primary amides is 1. The minimum absolute atomic E-state index is 0.0665. The number of hydrogen-bond acceptors (Lipinski definition) is 4. The van der Waals surface area contributed by atoms with Gasteiger partial charge in [-0.15, -0.1) is 0 Å². The summed E-state index contributed by atoms with van der Waals surface area (Å²) in [6, 6.07) is 7.20. The van der Waals surface area contributed by atoms with Crippen molar-refractivity contribution < 1.29 is 9.59 Å². The number of aromatic nitrogens is 1. The van der Waals surface area contributed by atoms with E-state index in [1.54, 1.807) is 0 Å². The Kier molecular flexibility index (Phi) is 4.89. The number of unbranched alkanes of at least 4 members (excludes halogenated alkanes) is 1. The maximum absolute atomic E-state index is 11.7. The molecule has 4 N–H and O–H groups in total. The molecule has 0 saturated carbocycles. The average Bonchev–Trinajstić information content (AvgIpc) is 2.79. The molecule has 0 fully saturated rings. The summed E-state index contributed by atoms with van der Waals surface area (Å²) in [5.41, 5.74) is 5.82. The van der Waals surface area contributed by atoms with Crippen molar-refractivity contribution in [3.05, 3.63) is 24.3 Å². The quantitative estimate of drug-likeness (QED) is 0.711. The first-order valence-electron chi connectivity index (χ1n) is 6.34. The molecule has 2 rings (SSSR count). The van der Waals surface area contributed by atoms with Gasteiger partial charge in [-0.25, -0.2) is 9.78 Å². The van der Waals surface area contributed by atoms with Crippen molar-refractivity contribution in [3.8, 4) is 0 Å². The van der Waals surface area contributed by atoms with Crippen LogP contribution >= 0.6 is 11.3 Å². The zero-order chi connectivity index (χ0) is 14.4. The molecule has 2 aromatic rings. The van der Waals surface area contributed by atoms with Crippen LogP contribution in [0.3, 0.4) is 0 Å². The van der Waals surface area contributed by atoms with E-state index in [2.05, 4.69) is 15.6 Å². The lowest BCUT2D eigenvalue weighted by molar-refractivity contribution is -0.116. The Morgan fingerprint density at radius 1 is 1.25 bits per heavy atom. The largest absolute Gasteiger partial charge is 0.352 e. The molecule has 106 valence electrons. The molecule has 3 amide bonds. The fourth-order valence-electron chi connectivity index (χ4n) is 1.73. The predicted octanol–water partition coefficient (Wildman–Crippen LogP) is 2.07. The Morgan fingerprint density at radius 2 is 2.05 bits per heavy atom. The van der Waals surface area contributed by atoms with E-state index in [1.165, 1.54) is 11.3 Å². The number of rotatable bonds is 6. The van der Waals surface area contributed by atoms with Crippen LogP contribution in [0.1, 0.15) is 19.3 Å². The molecule has 0 spiro atoms. The number of carbonyl (C=O) groups is 2. The van der Waals surface area contributed by atoms with Gasteiger partial charge in [-0.1, -0.05) is 23.5 Å². The monoisotopic (exact) mass is 292 g/mol. The Bertz CT molecular complexity index is 578. The Hall–Kier alpha value is -2.15. The first-order chi connectivity index (χ1) is 9.65. The number of hydrogen-bond donors (Lipinski definition) is 3. The molecule has 0 unspecified atom stereocenters. The number of para-hydroxylation sites is 1. The third-order valence-electron chi connectivity index (χ3n) is 2.67. The zero-order valence-corrected chi connectivity index (χ0v) is 11.7. The molecule has 1 aromatic heterocycles. The lowest BCUT2D eigenvalue weighted by atomic mass is 10.2. The number of fused-ring (bicyclic) bond motifs is 1. The van der Waals surface area contributed by atoms with Gasteiger partial charge in [0.15, 0.2) is 5.13 Å². The zero-order valence-electron chi connectivity index (χ0n) is 10.9. The van der Waals surface area contributed by atoms with Crippen LogP contribution < -0.4 is 16.4 Å². The van der Waals surface area contributed by atoms with Gasteiger partial charge in [0.25, 0.3) is 0 Å². The molecule has 0 aliphatic rings. The first kappa shape index (κ1) is 14.3. The highest BCUT2D eigenvalue weighted by molar-refractivity contribution is 7.22. The van der Waals surface area contributed by atoms with Crippen LogP contribution in [0.2, 0.25) is 0 Å². The number of nitrogens with zero attached hydrogens (tertiary/aromatic N) is 1. The fraction of sp³-hybridized carbons (Fsp3) is 0.308. The standard InChI is InChI=1S/C13H16N4O2S/c14-12(19)15-8-4-3-7-11(18)17-13-16-9-5-1-2-6-10(9)20-13/h1-2,5-6H,3-4,7-8H2,(H3,14,15,19)(H,16,17,18). The number of anilines is 1. The third-order valence-corrected chi connectivity index (χ3v) is 3.62. The number of nitrogens with one attached hydrogen (secondary N) is 2. The molecule has 20 heavy (non-hydrogen) atoms. The van der Waals surface area contributed by atoms with Gasteiger partial charge in [0.2, 0.25) is 5.91 Å². The maximum atomic E-state index is 11.7. The summed E-state index contributed by atoms with van der Waals surface area (Å²) in [5.74, 6) is -0.0665. The summed E-state index contributed by atoms with van der Waals surface area (Å²) in [6.45, 7) is 0.490. The van der Waals surface area contributed by atoms with E-state index in [0.717, 1.165) is 16.6 Å². The Labute approximate surface area is 120 Å². The van der Waals surface area contributed by atoms with E-state index in [1.807, 2.05) is 24.3 Å². The van der Waals surface area contributed by atoms with Crippen molar-refractivity contribution in [2.75, 3.05) is 11.9 Å². The van der Waals surface area contributed by atoms with Gasteiger partial charge in [0.05, 0.1) is 10.2 Å². The van der Waals surface area contributed by atoms with Crippen LogP contribution in [-0.2, 0) is 4.79 Å². The van der Waals surface area contributed by atoms with Crippen LogP contribution in [0.15, 0.2) is 24.3 Å². The van der Waals surface area contributed by atoms with Gasteiger partial charge in [-0.05, 0) is 25.0 Å². The highest BCUT2D eigenvalue weighted by atomic mass is 32.1. The maximum Gasteiger partial charge on any atom is 0.312 e. The highest BCUT2D eigenvalue weighted by Gasteiger charge is 2.07. The minimum atomic E-state index is -0.538. The molecule has 6 nitrogen and oxygen atoms in total. The molecule has 0 radical (unpaired) electrons.